The molecule has 0 saturated carbocycles. The van der Waals surface area contributed by atoms with Crippen LogP contribution in [-0.2, 0) is 65.4 Å². The molecule has 0 aliphatic rings. The topological polar surface area (TPSA) is 237 Å². The number of aliphatic hydroxyl groups excluding tert-OH is 1. The Balaban J connectivity index is 5.21. The van der Waals surface area contributed by atoms with E-state index in [1.807, 2.05) is 0 Å². The lowest BCUT2D eigenvalue weighted by molar-refractivity contribution is -0.161. The molecular weight excluding hydrogens is 1330 g/mol. The SMILES string of the molecule is CCCCCCCCCCCCCCCCCCCCC(=O)OC[C@H](COP(=O)(O)OC[C@@H](O)COP(=O)(O)OC[C@@H](COC(=O)CCCCCCCCC(C)C)OC(=O)CCCCCCCCCCCCCCCC)OC(=O)CCCCCCCCCCCCCCCCCCCCC(C)C. The van der Waals surface area contributed by atoms with E-state index in [4.69, 9.17) is 37.0 Å². The normalized spacial score (nSPS) is 13.9. The second-order valence-corrected chi connectivity index (χ2v) is 33.7. The fourth-order valence-corrected chi connectivity index (χ4v) is 14.5. The largest absolute Gasteiger partial charge is 0.472 e. The molecule has 0 aliphatic carbocycles. The summed E-state index contributed by atoms with van der Waals surface area (Å²) in [4.78, 5) is 73.0. The number of phosphoric ester groups is 2. The highest BCUT2D eigenvalue weighted by atomic mass is 31.2. The summed E-state index contributed by atoms with van der Waals surface area (Å²) < 4.78 is 68.7. The summed E-state index contributed by atoms with van der Waals surface area (Å²) in [7, 11) is -9.92. The van der Waals surface area contributed by atoms with Crippen molar-refractivity contribution in [1.82, 2.24) is 0 Å². The standard InChI is InChI=1S/C83H162O17P2/c1-7-9-11-13-15-17-19-21-23-24-28-31-35-38-42-46-53-59-65-80(85)93-71-78(99-82(87)68-62-56-48-44-40-36-32-29-26-25-27-30-33-37-41-45-51-57-63-75(3)4)73-97-101(89,90)95-69-77(84)70-96-102(91,92)98-74-79(72-94-81(86)66-60-54-50-49-52-58-64-76(5)6)100-83(88)67-61-55-47-43-39-34-22-20-18-16-14-12-10-8-2/h75-79,84H,7-74H2,1-6H3,(H,89,90)(H,91,92)/t77-,78-,79-/m1/s1. The number of aliphatic hydroxyl groups is 1. The second kappa shape index (κ2) is 74.5. The van der Waals surface area contributed by atoms with Crippen LogP contribution in [0.25, 0.3) is 0 Å². The molecule has 606 valence electrons. The van der Waals surface area contributed by atoms with Gasteiger partial charge in [0.05, 0.1) is 26.4 Å². The summed E-state index contributed by atoms with van der Waals surface area (Å²) in [5.74, 6) is -0.608. The fraction of sp³-hybridized carbons (Fsp3) is 0.952. The van der Waals surface area contributed by atoms with Gasteiger partial charge in [0.25, 0.3) is 0 Å². The summed E-state index contributed by atoms with van der Waals surface area (Å²) >= 11 is 0. The first kappa shape index (κ1) is 100. The Kier molecular flexibility index (Phi) is 73.1. The fourth-order valence-electron chi connectivity index (χ4n) is 12.9. The van der Waals surface area contributed by atoms with Gasteiger partial charge in [-0.15, -0.1) is 0 Å². The molecular formula is C83H162O17P2. The zero-order valence-corrected chi connectivity index (χ0v) is 68.7. The van der Waals surface area contributed by atoms with E-state index in [-0.39, 0.29) is 25.7 Å². The van der Waals surface area contributed by atoms with E-state index >= 15 is 0 Å². The minimum absolute atomic E-state index is 0.107. The summed E-state index contributed by atoms with van der Waals surface area (Å²) in [6, 6.07) is 0. The zero-order valence-electron chi connectivity index (χ0n) is 66.9. The molecule has 0 saturated heterocycles. The number of hydrogen-bond donors (Lipinski definition) is 3. The Morgan fingerprint density at radius 3 is 0.667 bits per heavy atom. The van der Waals surface area contributed by atoms with Crippen molar-refractivity contribution >= 4 is 39.5 Å². The third-order valence-corrected chi connectivity index (χ3v) is 21.4. The van der Waals surface area contributed by atoms with Gasteiger partial charge in [-0.2, -0.15) is 0 Å². The van der Waals surface area contributed by atoms with Crippen molar-refractivity contribution in [1.29, 1.82) is 0 Å². The van der Waals surface area contributed by atoms with Crippen LogP contribution in [0.1, 0.15) is 440 Å². The first-order chi connectivity index (χ1) is 49.4. The minimum atomic E-state index is -4.96. The second-order valence-electron chi connectivity index (χ2n) is 30.8. The molecule has 3 N–H and O–H groups in total. The molecule has 0 bridgehead atoms. The van der Waals surface area contributed by atoms with Crippen molar-refractivity contribution in [3.8, 4) is 0 Å². The van der Waals surface area contributed by atoms with Gasteiger partial charge in [-0.1, -0.05) is 388 Å². The van der Waals surface area contributed by atoms with Crippen molar-refractivity contribution in [2.24, 2.45) is 11.8 Å². The molecule has 0 aliphatic heterocycles. The van der Waals surface area contributed by atoms with Crippen LogP contribution in [0.4, 0.5) is 0 Å². The van der Waals surface area contributed by atoms with Gasteiger partial charge in [-0.05, 0) is 37.5 Å². The quantitative estimate of drug-likeness (QED) is 0.0222. The number of carbonyl (C=O) groups excluding carboxylic acids is 4. The zero-order chi connectivity index (χ0) is 74.9. The Morgan fingerprint density at radius 1 is 0.265 bits per heavy atom. The van der Waals surface area contributed by atoms with Crippen molar-refractivity contribution in [3.05, 3.63) is 0 Å². The maximum Gasteiger partial charge on any atom is 0.472 e. The van der Waals surface area contributed by atoms with E-state index in [1.165, 1.54) is 250 Å². The molecule has 0 spiro atoms. The van der Waals surface area contributed by atoms with E-state index in [2.05, 4.69) is 41.5 Å². The summed E-state index contributed by atoms with van der Waals surface area (Å²) in [5, 5.41) is 10.6. The highest BCUT2D eigenvalue weighted by Crippen LogP contribution is 2.45. The van der Waals surface area contributed by atoms with Crippen LogP contribution < -0.4 is 0 Å². The third kappa shape index (κ3) is 76.3. The predicted molar refractivity (Wildman–Crippen MR) is 418 cm³/mol. The minimum Gasteiger partial charge on any atom is -0.462 e. The maximum absolute atomic E-state index is 13.1. The van der Waals surface area contributed by atoms with Gasteiger partial charge in [-0.25, -0.2) is 9.13 Å². The smallest absolute Gasteiger partial charge is 0.462 e. The third-order valence-electron chi connectivity index (χ3n) is 19.5. The average Bonchev–Trinajstić information content (AvgIpc) is 0.935. The van der Waals surface area contributed by atoms with Crippen molar-refractivity contribution in [2.75, 3.05) is 39.6 Å². The molecule has 0 heterocycles. The molecule has 0 aromatic heterocycles. The molecule has 0 radical (unpaired) electrons. The lowest BCUT2D eigenvalue weighted by atomic mass is 10.0. The molecule has 102 heavy (non-hydrogen) atoms. The van der Waals surface area contributed by atoms with Gasteiger partial charge in [0.2, 0.25) is 0 Å². The van der Waals surface area contributed by atoms with E-state index < -0.39 is 97.5 Å². The van der Waals surface area contributed by atoms with Gasteiger partial charge in [-0.3, -0.25) is 37.3 Å². The molecule has 0 fully saturated rings. The van der Waals surface area contributed by atoms with Crippen LogP contribution in [0.2, 0.25) is 0 Å². The summed E-state index contributed by atoms with van der Waals surface area (Å²) in [6.07, 6.45) is 65.4. The number of esters is 4. The monoisotopic (exact) mass is 1490 g/mol. The van der Waals surface area contributed by atoms with Crippen molar-refractivity contribution in [3.63, 3.8) is 0 Å². The number of carbonyl (C=O) groups is 4. The van der Waals surface area contributed by atoms with E-state index in [1.54, 1.807) is 0 Å². The molecule has 0 aromatic carbocycles. The van der Waals surface area contributed by atoms with Crippen LogP contribution in [0, 0.1) is 11.8 Å². The lowest BCUT2D eigenvalue weighted by Crippen LogP contribution is -2.30. The number of unbranched alkanes of at least 4 members (excludes halogenated alkanes) is 52. The van der Waals surface area contributed by atoms with Gasteiger partial charge >= 0.3 is 39.5 Å². The van der Waals surface area contributed by atoms with E-state index in [9.17, 15) is 43.2 Å². The first-order valence-electron chi connectivity index (χ1n) is 43.0. The number of phosphoric acid groups is 2. The molecule has 2 unspecified atom stereocenters. The van der Waals surface area contributed by atoms with Crippen molar-refractivity contribution in [2.45, 2.75) is 458 Å². The maximum atomic E-state index is 13.1. The molecule has 0 rings (SSSR count). The van der Waals surface area contributed by atoms with Crippen LogP contribution in [0.5, 0.6) is 0 Å². The lowest BCUT2D eigenvalue weighted by Gasteiger charge is -2.21. The number of ether oxygens (including phenoxy) is 4. The molecule has 17 nitrogen and oxygen atoms in total. The Hall–Kier alpha value is -1.94. The van der Waals surface area contributed by atoms with E-state index in [0.29, 0.717) is 31.6 Å². The molecule has 0 amide bonds. The Bertz CT molecular complexity index is 1960. The van der Waals surface area contributed by atoms with Crippen LogP contribution in [0.3, 0.4) is 0 Å². The Morgan fingerprint density at radius 2 is 0.451 bits per heavy atom. The highest BCUT2D eigenvalue weighted by Gasteiger charge is 2.30. The summed E-state index contributed by atoms with van der Waals surface area (Å²) in [6.45, 7) is 9.60. The predicted octanol–water partition coefficient (Wildman–Crippen LogP) is 25.1. The van der Waals surface area contributed by atoms with Gasteiger partial charge < -0.3 is 33.8 Å². The van der Waals surface area contributed by atoms with Gasteiger partial charge in [0.1, 0.15) is 19.3 Å². The average molecular weight is 1490 g/mol. The van der Waals surface area contributed by atoms with Crippen molar-refractivity contribution < 1.29 is 80.2 Å². The Labute approximate surface area is 626 Å². The number of rotatable bonds is 82. The molecule has 0 aromatic rings. The number of hydrogen-bond acceptors (Lipinski definition) is 15. The van der Waals surface area contributed by atoms with Crippen LogP contribution in [-0.4, -0.2) is 96.7 Å². The molecule has 19 heteroatoms. The van der Waals surface area contributed by atoms with Crippen LogP contribution in [0.15, 0.2) is 0 Å². The van der Waals surface area contributed by atoms with Crippen LogP contribution >= 0.6 is 15.6 Å². The highest BCUT2D eigenvalue weighted by molar-refractivity contribution is 7.47. The first-order valence-corrected chi connectivity index (χ1v) is 46.0. The summed E-state index contributed by atoms with van der Waals surface area (Å²) in [5.41, 5.74) is 0. The van der Waals surface area contributed by atoms with Gasteiger partial charge in [0, 0.05) is 25.7 Å². The molecule has 5 atom stereocenters. The van der Waals surface area contributed by atoms with Gasteiger partial charge in [0.15, 0.2) is 12.2 Å². The van der Waals surface area contributed by atoms with E-state index in [0.717, 1.165) is 102 Å².